The molecule has 0 heterocycles. The lowest BCUT2D eigenvalue weighted by Crippen LogP contribution is -2.47. The maximum atomic E-state index is 13.2. The Labute approximate surface area is 208 Å². The molecular formula is C25H34ClN3O4S. The van der Waals surface area contributed by atoms with Gasteiger partial charge in [0.25, 0.3) is 0 Å². The van der Waals surface area contributed by atoms with Crippen LogP contribution in [0.1, 0.15) is 44.2 Å². The van der Waals surface area contributed by atoms with Gasteiger partial charge in [-0.05, 0) is 62.1 Å². The molecule has 2 aromatic carbocycles. The molecule has 1 N–H and O–H groups in total. The molecule has 0 aliphatic carbocycles. The number of aryl methyl sites for hydroxylation is 1. The monoisotopic (exact) mass is 507 g/mol. The van der Waals surface area contributed by atoms with Gasteiger partial charge >= 0.3 is 0 Å². The molecular weight excluding hydrogens is 474 g/mol. The summed E-state index contributed by atoms with van der Waals surface area (Å²) >= 11 is 6.10. The van der Waals surface area contributed by atoms with Crippen molar-refractivity contribution >= 4 is 39.1 Å². The molecule has 2 rings (SSSR count). The van der Waals surface area contributed by atoms with Gasteiger partial charge in [0.1, 0.15) is 6.04 Å². The standard InChI is InChI=1S/C25H34ClN3O4S/c1-5-14-27-25(31)20(3)28(18-21-10-7-11-22(26)17-21)24(30)13-8-15-29(34(4,32)33)23-12-6-9-19(2)16-23/h6-7,9-12,16-17,20H,5,8,13-15,18H2,1-4H3,(H,27,31)/t20-/m0/s1. The Kier molecular flexibility index (Phi) is 10.4. The highest BCUT2D eigenvalue weighted by Gasteiger charge is 2.26. The quantitative estimate of drug-likeness (QED) is 0.467. The molecule has 186 valence electrons. The number of amides is 2. The van der Waals surface area contributed by atoms with Crippen LogP contribution in [0.15, 0.2) is 48.5 Å². The molecule has 0 bridgehead atoms. The minimum Gasteiger partial charge on any atom is -0.354 e. The van der Waals surface area contributed by atoms with E-state index in [9.17, 15) is 18.0 Å². The van der Waals surface area contributed by atoms with Gasteiger partial charge < -0.3 is 10.2 Å². The van der Waals surface area contributed by atoms with E-state index in [1.54, 1.807) is 43.3 Å². The fourth-order valence-electron chi connectivity index (χ4n) is 3.60. The number of carbonyl (C=O) groups excluding carboxylic acids is 2. The Balaban J connectivity index is 2.15. The summed E-state index contributed by atoms with van der Waals surface area (Å²) in [4.78, 5) is 27.4. The normalized spacial score (nSPS) is 12.1. The van der Waals surface area contributed by atoms with Gasteiger partial charge in [-0.15, -0.1) is 0 Å². The molecule has 0 spiro atoms. The molecule has 9 heteroatoms. The van der Waals surface area contributed by atoms with Crippen LogP contribution in [0.25, 0.3) is 0 Å². The van der Waals surface area contributed by atoms with E-state index in [1.165, 1.54) is 9.21 Å². The number of rotatable bonds is 12. The summed E-state index contributed by atoms with van der Waals surface area (Å²) in [5.74, 6) is -0.452. The number of benzene rings is 2. The second-order valence-electron chi connectivity index (χ2n) is 8.40. The topological polar surface area (TPSA) is 86.8 Å². The van der Waals surface area contributed by atoms with E-state index in [0.29, 0.717) is 23.7 Å². The largest absolute Gasteiger partial charge is 0.354 e. The molecule has 34 heavy (non-hydrogen) atoms. The number of halogens is 1. The summed E-state index contributed by atoms with van der Waals surface area (Å²) in [5, 5.41) is 3.39. The number of hydrogen-bond acceptors (Lipinski definition) is 4. The summed E-state index contributed by atoms with van der Waals surface area (Å²) in [6.07, 6.45) is 2.36. The second-order valence-corrected chi connectivity index (χ2v) is 10.7. The van der Waals surface area contributed by atoms with Crippen molar-refractivity contribution in [3.63, 3.8) is 0 Å². The Morgan fingerprint density at radius 2 is 1.82 bits per heavy atom. The molecule has 0 fully saturated rings. The van der Waals surface area contributed by atoms with Crippen LogP contribution in [-0.4, -0.2) is 50.5 Å². The van der Waals surface area contributed by atoms with Gasteiger partial charge in [-0.3, -0.25) is 13.9 Å². The Bertz CT molecular complexity index is 1090. The number of nitrogens with one attached hydrogen (secondary N) is 1. The first-order valence-electron chi connectivity index (χ1n) is 11.4. The van der Waals surface area contributed by atoms with E-state index < -0.39 is 16.1 Å². The first kappa shape index (κ1) is 27.7. The molecule has 1 atom stereocenters. The third-order valence-electron chi connectivity index (χ3n) is 5.40. The van der Waals surface area contributed by atoms with Crippen LogP contribution in [0, 0.1) is 6.92 Å². The van der Waals surface area contributed by atoms with Crippen molar-refractivity contribution in [2.45, 2.75) is 52.6 Å². The molecule has 0 aliphatic rings. The van der Waals surface area contributed by atoms with Crippen LogP contribution in [-0.2, 0) is 26.2 Å². The van der Waals surface area contributed by atoms with Gasteiger partial charge in [-0.1, -0.05) is 42.8 Å². The third kappa shape index (κ3) is 8.33. The summed E-state index contributed by atoms with van der Waals surface area (Å²) in [7, 11) is -3.52. The minimum atomic E-state index is -3.52. The van der Waals surface area contributed by atoms with Crippen LogP contribution in [0.5, 0.6) is 0 Å². The van der Waals surface area contributed by atoms with Crippen LogP contribution < -0.4 is 9.62 Å². The number of hydrogen-bond donors (Lipinski definition) is 1. The van der Waals surface area contributed by atoms with E-state index in [4.69, 9.17) is 11.6 Å². The van der Waals surface area contributed by atoms with Crippen molar-refractivity contribution in [2.75, 3.05) is 23.7 Å². The lowest BCUT2D eigenvalue weighted by molar-refractivity contribution is -0.140. The Morgan fingerprint density at radius 1 is 1.12 bits per heavy atom. The van der Waals surface area contributed by atoms with Crippen LogP contribution in [0.4, 0.5) is 5.69 Å². The molecule has 0 radical (unpaired) electrons. The van der Waals surface area contributed by atoms with E-state index in [-0.39, 0.29) is 31.3 Å². The van der Waals surface area contributed by atoms with E-state index in [2.05, 4.69) is 5.32 Å². The van der Waals surface area contributed by atoms with Crippen molar-refractivity contribution in [3.8, 4) is 0 Å². The SMILES string of the molecule is CCCNC(=O)[C@H](C)N(Cc1cccc(Cl)c1)C(=O)CCCN(c1cccc(C)c1)S(C)(=O)=O. The van der Waals surface area contributed by atoms with Gasteiger partial charge in [0, 0.05) is 31.1 Å². The predicted octanol–water partition coefficient (Wildman–Crippen LogP) is 4.14. The van der Waals surface area contributed by atoms with Gasteiger partial charge in [0.15, 0.2) is 0 Å². The lowest BCUT2D eigenvalue weighted by atomic mass is 10.1. The third-order valence-corrected chi connectivity index (χ3v) is 6.83. The van der Waals surface area contributed by atoms with Gasteiger partial charge in [-0.2, -0.15) is 0 Å². The summed E-state index contributed by atoms with van der Waals surface area (Å²) in [6.45, 7) is 6.47. The molecule has 2 amide bonds. The molecule has 0 saturated heterocycles. The summed E-state index contributed by atoms with van der Waals surface area (Å²) in [5.41, 5.74) is 2.33. The highest BCUT2D eigenvalue weighted by Crippen LogP contribution is 2.20. The van der Waals surface area contributed by atoms with E-state index in [1.807, 2.05) is 26.0 Å². The van der Waals surface area contributed by atoms with Crippen molar-refractivity contribution in [2.24, 2.45) is 0 Å². The minimum absolute atomic E-state index is 0.101. The van der Waals surface area contributed by atoms with Crippen molar-refractivity contribution in [3.05, 3.63) is 64.7 Å². The highest BCUT2D eigenvalue weighted by atomic mass is 35.5. The average Bonchev–Trinajstić information content (AvgIpc) is 2.77. The Morgan fingerprint density at radius 3 is 2.44 bits per heavy atom. The zero-order valence-electron chi connectivity index (χ0n) is 20.3. The average molecular weight is 508 g/mol. The fraction of sp³-hybridized carbons (Fsp3) is 0.440. The van der Waals surface area contributed by atoms with Crippen LogP contribution in [0.3, 0.4) is 0 Å². The predicted molar refractivity (Wildman–Crippen MR) is 137 cm³/mol. The molecule has 2 aromatic rings. The lowest BCUT2D eigenvalue weighted by Gasteiger charge is -2.29. The van der Waals surface area contributed by atoms with Gasteiger partial charge in [0.2, 0.25) is 21.8 Å². The van der Waals surface area contributed by atoms with Crippen molar-refractivity contribution in [1.29, 1.82) is 0 Å². The second kappa shape index (κ2) is 12.8. The molecule has 0 unspecified atom stereocenters. The molecule has 0 aliphatic heterocycles. The zero-order valence-corrected chi connectivity index (χ0v) is 21.8. The highest BCUT2D eigenvalue weighted by molar-refractivity contribution is 7.92. The Hall–Kier alpha value is -2.58. The first-order chi connectivity index (χ1) is 16.0. The zero-order chi connectivity index (χ0) is 25.3. The summed E-state index contributed by atoms with van der Waals surface area (Å²) in [6, 6.07) is 13.7. The maximum absolute atomic E-state index is 13.2. The number of sulfonamides is 1. The maximum Gasteiger partial charge on any atom is 0.242 e. The van der Waals surface area contributed by atoms with E-state index in [0.717, 1.165) is 23.8 Å². The molecule has 7 nitrogen and oxygen atoms in total. The number of nitrogens with zero attached hydrogens (tertiary/aromatic N) is 2. The molecule has 0 saturated carbocycles. The number of carbonyl (C=O) groups is 2. The molecule has 0 aromatic heterocycles. The van der Waals surface area contributed by atoms with Crippen molar-refractivity contribution in [1.82, 2.24) is 10.2 Å². The fourth-order valence-corrected chi connectivity index (χ4v) is 4.77. The van der Waals surface area contributed by atoms with E-state index >= 15 is 0 Å². The van der Waals surface area contributed by atoms with Crippen LogP contribution >= 0.6 is 11.6 Å². The van der Waals surface area contributed by atoms with Crippen molar-refractivity contribution < 1.29 is 18.0 Å². The number of anilines is 1. The first-order valence-corrected chi connectivity index (χ1v) is 13.6. The van der Waals surface area contributed by atoms with Gasteiger partial charge in [-0.25, -0.2) is 8.42 Å². The van der Waals surface area contributed by atoms with Crippen LogP contribution in [0.2, 0.25) is 5.02 Å². The summed E-state index contributed by atoms with van der Waals surface area (Å²) < 4.78 is 26.1. The smallest absolute Gasteiger partial charge is 0.242 e. The van der Waals surface area contributed by atoms with Gasteiger partial charge in [0.05, 0.1) is 11.9 Å².